The summed E-state index contributed by atoms with van der Waals surface area (Å²) in [5.41, 5.74) is -4.00. The molecule has 3 aromatic heterocycles. The molecule has 0 amide bonds. The summed E-state index contributed by atoms with van der Waals surface area (Å²) in [6.45, 7) is 7.94. The van der Waals surface area contributed by atoms with Gasteiger partial charge in [-0.2, -0.15) is 0 Å². The van der Waals surface area contributed by atoms with Crippen molar-refractivity contribution in [2.75, 3.05) is 6.61 Å². The first-order valence-electron chi connectivity index (χ1n) is 25.8. The molecule has 7 N–H and O–H groups in total. The van der Waals surface area contributed by atoms with Crippen molar-refractivity contribution in [2.45, 2.75) is 173 Å². The first kappa shape index (κ1) is 54.0. The molecular formula is C58H72N4O10. The van der Waals surface area contributed by atoms with Gasteiger partial charge in [0.15, 0.2) is 28.7 Å². The summed E-state index contributed by atoms with van der Waals surface area (Å²) in [4.78, 5) is 72.5. The number of hydrogen-bond acceptors (Lipinski definition) is 12. The SMILES string of the molecule is CCCCCCc1c2nc(c(CCCCCC)c3ccc([nH]3)c(-c3ccc([C@]4(O)O[C@@](CO)(C(C)=O)[C@](O)(C(C)=O)[C@@](O)(C(C)=O)[C@@]4(O)C(C)=O)cc3)c3ccc([nH]3)c(CCCCCC)c3nc1C=C3)C=C2. The lowest BCUT2D eigenvalue weighted by molar-refractivity contribution is -0.433. The number of rotatable bonds is 22. The van der Waals surface area contributed by atoms with Crippen LogP contribution in [0, 0.1) is 0 Å². The molecule has 3 aliphatic heterocycles. The van der Waals surface area contributed by atoms with E-state index >= 15 is 0 Å². The van der Waals surface area contributed by atoms with Crippen molar-refractivity contribution in [3.05, 3.63) is 93.6 Å². The van der Waals surface area contributed by atoms with Gasteiger partial charge in [-0.25, -0.2) is 9.97 Å². The van der Waals surface area contributed by atoms with Crippen molar-refractivity contribution >= 4 is 69.5 Å². The minimum absolute atomic E-state index is 0.454. The standard InChI is InChI=1S/C58H72N4O10/c1-8-11-14-17-20-42-45-27-29-47(59-45)43(21-18-15-12-9-2)49-31-33-51(61-49)53(52-34-32-50(62-52)44(22-19-16-13-10-3)48-30-28-46(42)60-48)40-23-25-41(26-24-40)58(71)57(70,39(7)67)56(69,38(6)66)55(68,37(5)65)54(35-63,72-58)36(4)64/h23-34,61-63,68-71H,8-22,35H2,1-7H3/t54-,55+,56-,57-,58-/m0/s1. The summed E-state index contributed by atoms with van der Waals surface area (Å²) < 4.78 is 5.86. The highest BCUT2D eigenvalue weighted by Crippen LogP contribution is 2.58. The van der Waals surface area contributed by atoms with E-state index in [0.29, 0.717) is 36.0 Å². The third kappa shape index (κ3) is 8.98. The lowest BCUT2D eigenvalue weighted by atomic mass is 9.53. The zero-order chi connectivity index (χ0) is 52.2. The van der Waals surface area contributed by atoms with Gasteiger partial charge < -0.3 is 40.2 Å². The van der Waals surface area contributed by atoms with Crippen LogP contribution in [-0.2, 0) is 49.0 Å². The van der Waals surface area contributed by atoms with Gasteiger partial charge in [0, 0.05) is 49.9 Å². The minimum atomic E-state index is -3.94. The molecular weight excluding hydrogens is 913 g/mol. The van der Waals surface area contributed by atoms with Gasteiger partial charge in [0.2, 0.25) is 22.6 Å². The Morgan fingerprint density at radius 2 is 0.875 bits per heavy atom. The summed E-state index contributed by atoms with van der Waals surface area (Å²) in [6, 6.07) is 13.8. The van der Waals surface area contributed by atoms with Crippen LogP contribution in [0.1, 0.15) is 171 Å². The Hall–Kier alpha value is -5.74. The molecule has 1 fully saturated rings. The van der Waals surface area contributed by atoms with E-state index in [-0.39, 0.29) is 0 Å². The first-order chi connectivity index (χ1) is 34.3. The van der Waals surface area contributed by atoms with Crippen molar-refractivity contribution in [1.82, 2.24) is 19.9 Å². The third-order valence-corrected chi connectivity index (χ3v) is 15.2. The highest BCUT2D eigenvalue weighted by atomic mass is 16.7. The van der Waals surface area contributed by atoms with Gasteiger partial charge in [-0.1, -0.05) is 103 Å². The average Bonchev–Trinajstić information content (AvgIpc) is 4.22. The van der Waals surface area contributed by atoms with Crippen molar-refractivity contribution in [1.29, 1.82) is 0 Å². The van der Waals surface area contributed by atoms with E-state index < -0.39 is 63.5 Å². The van der Waals surface area contributed by atoms with Crippen LogP contribution in [0.15, 0.2) is 48.5 Å². The Morgan fingerprint density at radius 3 is 1.25 bits per heavy atom. The van der Waals surface area contributed by atoms with Crippen molar-refractivity contribution in [2.24, 2.45) is 0 Å². The number of hydrogen-bond donors (Lipinski definition) is 7. The van der Waals surface area contributed by atoms with Gasteiger partial charge in [-0.05, 0) is 120 Å². The van der Waals surface area contributed by atoms with E-state index in [0.717, 1.165) is 161 Å². The molecule has 14 nitrogen and oxygen atoms in total. The first-order valence-corrected chi connectivity index (χ1v) is 25.8. The number of ketones is 4. The second-order valence-electron chi connectivity index (χ2n) is 19.9. The maximum atomic E-state index is 13.7. The number of fused-ring (bicyclic) bond motifs is 8. The number of carbonyl (C=O) groups excluding carboxylic acids is 4. The summed E-state index contributed by atoms with van der Waals surface area (Å²) >= 11 is 0. The van der Waals surface area contributed by atoms with Gasteiger partial charge in [0.05, 0.1) is 29.4 Å². The molecule has 8 bridgehead atoms. The van der Waals surface area contributed by atoms with Crippen LogP contribution in [0.4, 0.5) is 0 Å². The number of aromatic amines is 2. The summed E-state index contributed by atoms with van der Waals surface area (Å²) in [5.74, 6) is -9.38. The Bertz CT molecular complexity index is 2840. The molecule has 5 atom stereocenters. The summed E-state index contributed by atoms with van der Waals surface area (Å²) in [6.07, 6.45) is 23.7. The number of H-pyrrole nitrogens is 2. The Labute approximate surface area is 421 Å². The number of ether oxygens (including phenoxy) is 1. The molecule has 0 radical (unpaired) electrons. The Balaban J connectivity index is 1.51. The molecule has 6 heterocycles. The normalized spacial score (nSPS) is 23.7. The van der Waals surface area contributed by atoms with Gasteiger partial charge in [-0.3, -0.25) is 19.2 Å². The molecule has 72 heavy (non-hydrogen) atoms. The molecule has 0 spiro atoms. The summed E-state index contributed by atoms with van der Waals surface area (Å²) in [5, 5.41) is 60.4. The topological polar surface area (TPSA) is 236 Å². The van der Waals surface area contributed by atoms with Crippen LogP contribution in [0.2, 0.25) is 0 Å². The number of benzene rings is 1. The molecule has 0 aliphatic carbocycles. The molecule has 4 aromatic rings. The smallest absolute Gasteiger partial charge is 0.234 e. The fourth-order valence-corrected chi connectivity index (χ4v) is 11.1. The lowest BCUT2D eigenvalue weighted by Crippen LogP contribution is -2.92. The number of Topliss-reactive ketones (excluding diaryl/α,β-unsaturated/α-hetero) is 4. The van der Waals surface area contributed by atoms with E-state index in [2.05, 4.69) is 55.0 Å². The highest BCUT2D eigenvalue weighted by molar-refractivity contribution is 6.10. The molecule has 1 aromatic carbocycles. The number of aliphatic hydroxyl groups is 5. The minimum Gasteiger partial charge on any atom is -0.393 e. The van der Waals surface area contributed by atoms with Crippen LogP contribution in [0.5, 0.6) is 0 Å². The van der Waals surface area contributed by atoms with E-state index in [1.165, 1.54) is 12.1 Å². The number of aryl methyl sites for hydroxylation is 2. The van der Waals surface area contributed by atoms with E-state index in [4.69, 9.17) is 14.7 Å². The van der Waals surface area contributed by atoms with Crippen molar-refractivity contribution in [3.8, 4) is 11.1 Å². The largest absolute Gasteiger partial charge is 0.393 e. The lowest BCUT2D eigenvalue weighted by Gasteiger charge is -2.64. The highest BCUT2D eigenvalue weighted by Gasteiger charge is 2.87. The number of aromatic nitrogens is 4. The van der Waals surface area contributed by atoms with Crippen LogP contribution < -0.4 is 0 Å². The molecule has 1 saturated heterocycles. The molecule has 0 unspecified atom stereocenters. The molecule has 7 rings (SSSR count). The van der Waals surface area contributed by atoms with Crippen molar-refractivity contribution in [3.63, 3.8) is 0 Å². The average molecular weight is 985 g/mol. The Kier molecular flexibility index (Phi) is 16.3. The van der Waals surface area contributed by atoms with Crippen LogP contribution in [0.3, 0.4) is 0 Å². The number of aliphatic hydroxyl groups excluding tert-OH is 1. The molecule has 3 aliphatic rings. The van der Waals surface area contributed by atoms with Gasteiger partial charge in [-0.15, -0.1) is 0 Å². The van der Waals surface area contributed by atoms with Crippen LogP contribution in [-0.4, -0.2) is 97.6 Å². The molecule has 14 heteroatoms. The quantitative estimate of drug-likeness (QED) is 0.0316. The van der Waals surface area contributed by atoms with E-state index in [1.807, 2.05) is 24.3 Å². The number of nitrogens with one attached hydrogen (secondary N) is 2. The third-order valence-electron chi connectivity index (χ3n) is 15.2. The number of unbranched alkanes of at least 4 members (excludes halogenated alkanes) is 9. The number of nitrogens with zero attached hydrogens (tertiary/aromatic N) is 2. The zero-order valence-corrected chi connectivity index (χ0v) is 42.9. The number of carbonyl (C=O) groups is 4. The fourth-order valence-electron chi connectivity index (χ4n) is 11.1. The monoisotopic (exact) mass is 985 g/mol. The predicted octanol–water partition coefficient (Wildman–Crippen LogP) is 9.15. The molecule has 0 saturated carbocycles. The fraction of sp³-hybridized carbons (Fsp3) is 0.483. The second-order valence-corrected chi connectivity index (χ2v) is 19.9. The Morgan fingerprint density at radius 1 is 0.486 bits per heavy atom. The van der Waals surface area contributed by atoms with Gasteiger partial charge >= 0.3 is 0 Å². The van der Waals surface area contributed by atoms with Gasteiger partial charge in [0.25, 0.3) is 0 Å². The van der Waals surface area contributed by atoms with Gasteiger partial charge in [0.1, 0.15) is 0 Å². The van der Waals surface area contributed by atoms with Crippen molar-refractivity contribution < 1.29 is 49.4 Å². The van der Waals surface area contributed by atoms with Crippen LogP contribution in [0.25, 0.3) is 57.5 Å². The van der Waals surface area contributed by atoms with E-state index in [9.17, 15) is 44.7 Å². The maximum absolute atomic E-state index is 13.7. The zero-order valence-electron chi connectivity index (χ0n) is 42.9. The van der Waals surface area contributed by atoms with Crippen LogP contribution >= 0.6 is 0 Å². The molecule has 384 valence electrons. The van der Waals surface area contributed by atoms with E-state index in [1.54, 1.807) is 12.1 Å². The maximum Gasteiger partial charge on any atom is 0.234 e. The second kappa shape index (κ2) is 21.8. The summed E-state index contributed by atoms with van der Waals surface area (Å²) in [7, 11) is 0. The predicted molar refractivity (Wildman–Crippen MR) is 280 cm³/mol.